The summed E-state index contributed by atoms with van der Waals surface area (Å²) in [6.07, 6.45) is 5.26. The highest BCUT2D eigenvalue weighted by atomic mass is 31.2. The Kier molecular flexibility index (Phi) is 13.9. The Morgan fingerprint density at radius 3 is 1.92 bits per heavy atom. The van der Waals surface area contributed by atoms with Crippen LogP contribution in [0.1, 0.15) is 46.0 Å². The van der Waals surface area contributed by atoms with Gasteiger partial charge in [-0.1, -0.05) is 52.0 Å². The topological polar surface area (TPSA) is 88.1 Å². The van der Waals surface area contributed by atoms with Gasteiger partial charge in [0.1, 0.15) is 13.2 Å². The highest BCUT2D eigenvalue weighted by molar-refractivity contribution is 7.55. The van der Waals surface area contributed by atoms with Crippen molar-refractivity contribution in [3.05, 3.63) is 25.3 Å². The maximum Gasteiger partial charge on any atom is 0.345 e. The summed E-state index contributed by atoms with van der Waals surface area (Å²) in [6, 6.07) is 0. The quantitative estimate of drug-likeness (QED) is 0.170. The third kappa shape index (κ3) is 9.90. The second-order valence-corrected chi connectivity index (χ2v) is 7.74. The zero-order chi connectivity index (χ0) is 19.8. The molecule has 26 heavy (non-hydrogen) atoms. The Labute approximate surface area is 156 Å². The van der Waals surface area contributed by atoms with Crippen LogP contribution in [0, 0.1) is 0 Å². The third-order valence-corrected chi connectivity index (χ3v) is 5.50. The van der Waals surface area contributed by atoms with Gasteiger partial charge in [0.05, 0.1) is 19.6 Å². The van der Waals surface area contributed by atoms with E-state index in [0.29, 0.717) is 12.8 Å². The van der Waals surface area contributed by atoms with Crippen LogP contribution in [-0.2, 0) is 32.7 Å². The number of carbonyl (C=O) groups is 2. The van der Waals surface area contributed by atoms with E-state index in [1.807, 2.05) is 13.8 Å². The zero-order valence-electron chi connectivity index (χ0n) is 15.8. The van der Waals surface area contributed by atoms with Gasteiger partial charge in [-0.05, 0) is 12.8 Å². The molecular formula is C18H31O7P. The molecule has 0 aromatic heterocycles. The molecule has 0 aliphatic heterocycles. The lowest BCUT2D eigenvalue weighted by molar-refractivity contribution is -0.149. The minimum Gasteiger partial charge on any atom is -0.461 e. The van der Waals surface area contributed by atoms with Crippen molar-refractivity contribution in [3.8, 4) is 0 Å². The fourth-order valence-electron chi connectivity index (χ4n) is 1.82. The molecule has 0 heterocycles. The second kappa shape index (κ2) is 14.7. The van der Waals surface area contributed by atoms with Gasteiger partial charge in [0.2, 0.25) is 0 Å². The van der Waals surface area contributed by atoms with Crippen molar-refractivity contribution in [2.45, 2.75) is 51.6 Å². The Bertz CT molecular complexity index is 476. The molecule has 0 saturated carbocycles. The number of rotatable bonds is 16. The summed E-state index contributed by atoms with van der Waals surface area (Å²) in [6.45, 7) is 11.1. The molecule has 0 radical (unpaired) electrons. The van der Waals surface area contributed by atoms with E-state index in [1.54, 1.807) is 0 Å². The van der Waals surface area contributed by atoms with Gasteiger partial charge in [0.15, 0.2) is 5.66 Å². The maximum absolute atomic E-state index is 13.3. The zero-order valence-corrected chi connectivity index (χ0v) is 16.7. The van der Waals surface area contributed by atoms with E-state index < -0.39 is 31.6 Å². The molecule has 0 amide bonds. The molecule has 1 atom stereocenters. The first kappa shape index (κ1) is 24.6. The molecule has 0 spiro atoms. The number of hydrogen-bond donors (Lipinski definition) is 0. The van der Waals surface area contributed by atoms with Gasteiger partial charge in [-0.2, -0.15) is 0 Å². The van der Waals surface area contributed by atoms with Crippen molar-refractivity contribution in [3.63, 3.8) is 0 Å². The fourth-order valence-corrected chi connectivity index (χ4v) is 3.73. The summed E-state index contributed by atoms with van der Waals surface area (Å²) >= 11 is 0. The van der Waals surface area contributed by atoms with Crippen molar-refractivity contribution in [2.24, 2.45) is 0 Å². The first-order valence-corrected chi connectivity index (χ1v) is 10.5. The van der Waals surface area contributed by atoms with E-state index in [2.05, 4.69) is 13.2 Å². The van der Waals surface area contributed by atoms with E-state index >= 15 is 0 Å². The average molecular weight is 390 g/mol. The van der Waals surface area contributed by atoms with E-state index in [9.17, 15) is 14.2 Å². The number of ether oxygens (including phenoxy) is 2. The Hall–Kier alpha value is -1.43. The average Bonchev–Trinajstić information content (AvgIpc) is 2.62. The molecule has 8 heteroatoms. The van der Waals surface area contributed by atoms with Crippen LogP contribution in [0.3, 0.4) is 0 Å². The van der Waals surface area contributed by atoms with E-state index in [0.717, 1.165) is 12.8 Å². The Balaban J connectivity index is 5.38. The molecule has 0 N–H and O–H groups in total. The highest BCUT2D eigenvalue weighted by Crippen LogP contribution is 2.55. The van der Waals surface area contributed by atoms with Crippen LogP contribution < -0.4 is 0 Å². The monoisotopic (exact) mass is 390 g/mol. The Morgan fingerprint density at radius 1 is 0.962 bits per heavy atom. The van der Waals surface area contributed by atoms with Gasteiger partial charge >= 0.3 is 19.5 Å². The molecule has 0 aliphatic carbocycles. The predicted molar refractivity (Wildman–Crippen MR) is 100 cm³/mol. The largest absolute Gasteiger partial charge is 0.461 e. The van der Waals surface area contributed by atoms with Crippen molar-refractivity contribution in [2.75, 3.05) is 26.4 Å². The van der Waals surface area contributed by atoms with Gasteiger partial charge in [-0.25, -0.2) is 0 Å². The first-order chi connectivity index (χ1) is 12.4. The van der Waals surface area contributed by atoms with Gasteiger partial charge in [-0.3, -0.25) is 14.2 Å². The standard InChI is InChI=1S/C18H31O7P/c1-5-9-13-24-26(21,25-14-10-6-2)16(18(20)23-12-8-4)15-17(19)22-11-7-3/h7-8,16H,3-6,9-15H2,1-2H3/t16-/m1/s1. The van der Waals surface area contributed by atoms with Crippen LogP contribution in [-0.4, -0.2) is 44.0 Å². The van der Waals surface area contributed by atoms with Crippen LogP contribution in [0.25, 0.3) is 0 Å². The summed E-state index contributed by atoms with van der Waals surface area (Å²) in [5.41, 5.74) is -1.38. The van der Waals surface area contributed by atoms with E-state index in [-0.39, 0.29) is 26.4 Å². The lowest BCUT2D eigenvalue weighted by Gasteiger charge is -2.25. The number of esters is 2. The normalized spacial score (nSPS) is 12.2. The van der Waals surface area contributed by atoms with Crippen LogP contribution in [0.5, 0.6) is 0 Å². The van der Waals surface area contributed by atoms with Crippen LogP contribution in [0.2, 0.25) is 0 Å². The molecule has 0 saturated heterocycles. The molecule has 0 aromatic carbocycles. The van der Waals surface area contributed by atoms with Crippen molar-refractivity contribution >= 4 is 19.5 Å². The van der Waals surface area contributed by atoms with Crippen molar-refractivity contribution < 1.29 is 32.7 Å². The van der Waals surface area contributed by atoms with Gasteiger partial charge in [0, 0.05) is 0 Å². The second-order valence-electron chi connectivity index (χ2n) is 5.52. The fraction of sp³-hybridized carbons (Fsp3) is 0.667. The minimum atomic E-state index is -3.91. The summed E-state index contributed by atoms with van der Waals surface area (Å²) in [5.74, 6) is -1.54. The molecule has 0 fully saturated rings. The molecule has 7 nitrogen and oxygen atoms in total. The first-order valence-electron chi connectivity index (χ1n) is 8.87. The molecule has 150 valence electrons. The van der Waals surface area contributed by atoms with Crippen LogP contribution in [0.4, 0.5) is 0 Å². The molecule has 0 bridgehead atoms. The smallest absolute Gasteiger partial charge is 0.345 e. The van der Waals surface area contributed by atoms with Gasteiger partial charge in [-0.15, -0.1) is 0 Å². The molecular weight excluding hydrogens is 359 g/mol. The molecule has 0 unspecified atom stereocenters. The summed E-state index contributed by atoms with van der Waals surface area (Å²) in [7, 11) is -3.91. The van der Waals surface area contributed by atoms with Gasteiger partial charge in [0.25, 0.3) is 0 Å². The summed E-state index contributed by atoms with van der Waals surface area (Å²) in [5, 5.41) is 0. The van der Waals surface area contributed by atoms with Crippen LogP contribution in [0.15, 0.2) is 25.3 Å². The lowest BCUT2D eigenvalue weighted by Crippen LogP contribution is -2.29. The maximum atomic E-state index is 13.3. The molecule has 0 aliphatic rings. The number of carbonyl (C=O) groups excluding carboxylic acids is 2. The Morgan fingerprint density at radius 2 is 1.46 bits per heavy atom. The van der Waals surface area contributed by atoms with Crippen molar-refractivity contribution in [1.29, 1.82) is 0 Å². The minimum absolute atomic E-state index is 0.00898. The number of unbranched alkanes of at least 4 members (excludes halogenated alkanes) is 2. The third-order valence-electron chi connectivity index (χ3n) is 3.26. The van der Waals surface area contributed by atoms with Crippen molar-refractivity contribution in [1.82, 2.24) is 0 Å². The SMILES string of the molecule is C=CCOC(=O)C[C@H](C(=O)OCC=C)P(=O)(OCCCC)OCCCC. The number of hydrogen-bond acceptors (Lipinski definition) is 7. The summed E-state index contributed by atoms with van der Waals surface area (Å²) in [4.78, 5) is 24.4. The molecule has 0 rings (SSSR count). The predicted octanol–water partition coefficient (Wildman–Crippen LogP) is 4.03. The summed E-state index contributed by atoms with van der Waals surface area (Å²) < 4.78 is 34.1. The van der Waals surface area contributed by atoms with Crippen LogP contribution >= 0.6 is 7.60 Å². The lowest BCUT2D eigenvalue weighted by atomic mass is 10.3. The van der Waals surface area contributed by atoms with E-state index in [4.69, 9.17) is 18.5 Å². The highest BCUT2D eigenvalue weighted by Gasteiger charge is 2.44. The van der Waals surface area contributed by atoms with Gasteiger partial charge < -0.3 is 18.5 Å². The molecule has 0 aromatic rings. The van der Waals surface area contributed by atoms with E-state index in [1.165, 1.54) is 12.2 Å².